The predicted octanol–water partition coefficient (Wildman–Crippen LogP) is 3.42. The van der Waals surface area contributed by atoms with Crippen LogP contribution < -0.4 is 14.2 Å². The van der Waals surface area contributed by atoms with Crippen LogP contribution in [0.1, 0.15) is 40.0 Å². The van der Waals surface area contributed by atoms with Crippen molar-refractivity contribution in [1.82, 2.24) is 0 Å². The molecule has 2 aromatic rings. The molecule has 0 spiro atoms. The Hall–Kier alpha value is -4.01. The molecule has 0 radical (unpaired) electrons. The minimum atomic E-state index is -0.459. The second-order valence-electron chi connectivity index (χ2n) is 8.15. The van der Waals surface area contributed by atoms with E-state index in [2.05, 4.69) is 4.74 Å². The van der Waals surface area contributed by atoms with Gasteiger partial charge in [-0.05, 0) is 55.3 Å². The van der Waals surface area contributed by atoms with Crippen molar-refractivity contribution in [2.75, 3.05) is 13.9 Å². The normalized spacial score (nSPS) is 22.7. The Bertz CT molecular complexity index is 1150. The van der Waals surface area contributed by atoms with Crippen molar-refractivity contribution in [3.05, 3.63) is 65.6 Å². The van der Waals surface area contributed by atoms with E-state index >= 15 is 0 Å². The van der Waals surface area contributed by atoms with Crippen LogP contribution in [0.4, 0.5) is 0 Å². The zero-order chi connectivity index (χ0) is 23.7. The molecule has 1 aliphatic carbocycles. The summed E-state index contributed by atoms with van der Waals surface area (Å²) in [6.07, 6.45) is 1.99. The number of rotatable bonds is 5. The van der Waals surface area contributed by atoms with Gasteiger partial charge in [0.15, 0.2) is 11.5 Å². The van der Waals surface area contributed by atoms with Crippen molar-refractivity contribution in [2.24, 2.45) is 5.92 Å². The topological polar surface area (TPSA) is 107 Å². The van der Waals surface area contributed by atoms with Crippen molar-refractivity contribution in [3.8, 4) is 17.2 Å². The standard InChI is InChI=1S/C25H22O9/c1-29-24(27)14-2-5-16(6-3-14)33-22-12-30-20-11-17(7-8-18(20)23(22)26)34-25(28)15-4-9-19-21(10-15)32-13-31-19/h2-6,9-10,12,17-18,20H,7-8,11,13H2,1H3. The van der Waals surface area contributed by atoms with E-state index in [0.29, 0.717) is 47.6 Å². The number of ketones is 1. The summed E-state index contributed by atoms with van der Waals surface area (Å²) in [5, 5.41) is 0. The average molecular weight is 466 g/mol. The highest BCUT2D eigenvalue weighted by Gasteiger charge is 2.42. The van der Waals surface area contributed by atoms with Gasteiger partial charge in [-0.3, -0.25) is 4.79 Å². The van der Waals surface area contributed by atoms with E-state index in [4.69, 9.17) is 23.7 Å². The number of fused-ring (bicyclic) bond motifs is 2. The monoisotopic (exact) mass is 466 g/mol. The molecule has 0 aromatic heterocycles. The van der Waals surface area contributed by atoms with Gasteiger partial charge in [-0.15, -0.1) is 0 Å². The summed E-state index contributed by atoms with van der Waals surface area (Å²) >= 11 is 0. The molecule has 2 aromatic carbocycles. The molecular formula is C25H22O9. The van der Waals surface area contributed by atoms with Gasteiger partial charge in [0.2, 0.25) is 18.3 Å². The van der Waals surface area contributed by atoms with E-state index in [-0.39, 0.29) is 30.4 Å². The fourth-order valence-electron chi connectivity index (χ4n) is 4.26. The molecule has 3 atom stereocenters. The molecule has 176 valence electrons. The third-order valence-corrected chi connectivity index (χ3v) is 6.06. The number of carbonyl (C=O) groups is 3. The largest absolute Gasteiger partial charge is 0.493 e. The number of hydrogen-bond acceptors (Lipinski definition) is 9. The molecule has 3 aliphatic rings. The van der Waals surface area contributed by atoms with Gasteiger partial charge in [0, 0.05) is 6.42 Å². The van der Waals surface area contributed by atoms with Gasteiger partial charge in [-0.25, -0.2) is 9.59 Å². The summed E-state index contributed by atoms with van der Waals surface area (Å²) in [6.45, 7) is 0.128. The molecule has 0 amide bonds. The number of carbonyl (C=O) groups excluding carboxylic acids is 3. The number of methoxy groups -OCH3 is 1. The summed E-state index contributed by atoms with van der Waals surface area (Å²) in [7, 11) is 1.30. The van der Waals surface area contributed by atoms with Crippen molar-refractivity contribution < 1.29 is 42.8 Å². The minimum Gasteiger partial charge on any atom is -0.493 e. The Kier molecular flexibility index (Phi) is 5.83. The summed E-state index contributed by atoms with van der Waals surface area (Å²) in [4.78, 5) is 37.1. The Morgan fingerprint density at radius 3 is 2.50 bits per heavy atom. The zero-order valence-electron chi connectivity index (χ0n) is 18.4. The summed E-state index contributed by atoms with van der Waals surface area (Å²) in [5.41, 5.74) is 0.754. The van der Waals surface area contributed by atoms with Crippen LogP contribution >= 0.6 is 0 Å². The van der Waals surface area contributed by atoms with Gasteiger partial charge < -0.3 is 28.4 Å². The molecule has 2 aliphatic heterocycles. The number of allylic oxidation sites excluding steroid dienone is 1. The average Bonchev–Trinajstić information content (AvgIpc) is 3.34. The molecule has 1 fully saturated rings. The Balaban J connectivity index is 1.19. The first-order valence-electron chi connectivity index (χ1n) is 10.9. The van der Waals surface area contributed by atoms with Crippen LogP contribution in [-0.2, 0) is 19.0 Å². The van der Waals surface area contributed by atoms with Crippen molar-refractivity contribution in [3.63, 3.8) is 0 Å². The number of Topliss-reactive ketones (excluding diaryl/α,β-unsaturated/α-hetero) is 1. The van der Waals surface area contributed by atoms with Crippen LogP contribution in [0.2, 0.25) is 0 Å². The summed E-state index contributed by atoms with van der Waals surface area (Å²) < 4.78 is 32.4. The van der Waals surface area contributed by atoms with Gasteiger partial charge in [0.05, 0.1) is 24.2 Å². The fourth-order valence-corrected chi connectivity index (χ4v) is 4.26. The molecule has 0 N–H and O–H groups in total. The Morgan fingerprint density at radius 2 is 1.71 bits per heavy atom. The second-order valence-corrected chi connectivity index (χ2v) is 8.15. The van der Waals surface area contributed by atoms with Gasteiger partial charge in [0.1, 0.15) is 24.2 Å². The number of benzene rings is 2. The molecule has 1 saturated carbocycles. The molecule has 0 bridgehead atoms. The number of esters is 2. The van der Waals surface area contributed by atoms with Crippen LogP contribution in [0.15, 0.2) is 54.5 Å². The number of ether oxygens (including phenoxy) is 6. The molecule has 3 unspecified atom stereocenters. The molecule has 9 heteroatoms. The minimum absolute atomic E-state index is 0.0999. The van der Waals surface area contributed by atoms with Crippen molar-refractivity contribution >= 4 is 17.7 Å². The van der Waals surface area contributed by atoms with Crippen molar-refractivity contribution in [2.45, 2.75) is 31.5 Å². The zero-order valence-corrected chi connectivity index (χ0v) is 18.4. The first kappa shape index (κ1) is 21.8. The number of hydrogen-bond donors (Lipinski definition) is 0. The molecule has 34 heavy (non-hydrogen) atoms. The van der Waals surface area contributed by atoms with Crippen molar-refractivity contribution in [1.29, 1.82) is 0 Å². The summed E-state index contributed by atoms with van der Waals surface area (Å²) in [5.74, 6) is 0.153. The maximum atomic E-state index is 13.0. The smallest absolute Gasteiger partial charge is 0.338 e. The van der Waals surface area contributed by atoms with Crippen LogP contribution in [-0.4, -0.2) is 43.8 Å². The molecule has 5 rings (SSSR count). The lowest BCUT2D eigenvalue weighted by atomic mass is 9.80. The van der Waals surface area contributed by atoms with Crippen LogP contribution in [0.3, 0.4) is 0 Å². The third kappa shape index (κ3) is 4.28. The summed E-state index contributed by atoms with van der Waals surface area (Å²) in [6, 6.07) is 11.2. The van der Waals surface area contributed by atoms with E-state index in [0.717, 1.165) is 0 Å². The van der Waals surface area contributed by atoms with Crippen LogP contribution in [0.25, 0.3) is 0 Å². The highest BCUT2D eigenvalue weighted by Crippen LogP contribution is 2.36. The molecule has 2 heterocycles. The van der Waals surface area contributed by atoms with E-state index in [1.54, 1.807) is 42.5 Å². The SMILES string of the molecule is COC(=O)c1ccc(OC2=COC3CC(OC(=O)c4ccc5c(c4)OCO5)CCC3C2=O)cc1. The van der Waals surface area contributed by atoms with E-state index in [9.17, 15) is 14.4 Å². The van der Waals surface area contributed by atoms with E-state index in [1.807, 2.05) is 0 Å². The van der Waals surface area contributed by atoms with Gasteiger partial charge >= 0.3 is 11.9 Å². The molecule has 0 saturated heterocycles. The Morgan fingerprint density at radius 1 is 0.941 bits per heavy atom. The third-order valence-electron chi connectivity index (χ3n) is 6.06. The molecule has 9 nitrogen and oxygen atoms in total. The second kappa shape index (κ2) is 9.09. The van der Waals surface area contributed by atoms with E-state index < -0.39 is 18.0 Å². The Labute approximate surface area is 195 Å². The lowest BCUT2D eigenvalue weighted by Crippen LogP contribution is -2.43. The fraction of sp³-hybridized carbons (Fsp3) is 0.320. The predicted molar refractivity (Wildman–Crippen MR) is 115 cm³/mol. The lowest BCUT2D eigenvalue weighted by molar-refractivity contribution is -0.132. The van der Waals surface area contributed by atoms with Gasteiger partial charge in [-0.1, -0.05) is 0 Å². The quantitative estimate of drug-likeness (QED) is 0.613. The maximum Gasteiger partial charge on any atom is 0.338 e. The highest BCUT2D eigenvalue weighted by molar-refractivity contribution is 5.97. The van der Waals surface area contributed by atoms with E-state index in [1.165, 1.54) is 13.4 Å². The highest BCUT2D eigenvalue weighted by atomic mass is 16.7. The first-order chi connectivity index (χ1) is 16.5. The van der Waals surface area contributed by atoms with Crippen LogP contribution in [0.5, 0.6) is 17.2 Å². The van der Waals surface area contributed by atoms with Crippen LogP contribution in [0, 0.1) is 5.92 Å². The maximum absolute atomic E-state index is 13.0. The molecular weight excluding hydrogens is 444 g/mol. The van der Waals surface area contributed by atoms with Gasteiger partial charge in [-0.2, -0.15) is 0 Å². The van der Waals surface area contributed by atoms with Gasteiger partial charge in [0.25, 0.3) is 0 Å². The first-order valence-corrected chi connectivity index (χ1v) is 10.9. The lowest BCUT2D eigenvalue weighted by Gasteiger charge is -2.36.